The van der Waals surface area contributed by atoms with Crippen molar-refractivity contribution in [3.8, 4) is 0 Å². The van der Waals surface area contributed by atoms with Gasteiger partial charge in [-0.3, -0.25) is 9.82 Å². The van der Waals surface area contributed by atoms with Crippen LogP contribution in [0.2, 0.25) is 0 Å². The summed E-state index contributed by atoms with van der Waals surface area (Å²) >= 11 is 1.90. The Morgan fingerprint density at radius 3 is 2.57 bits per heavy atom. The molecule has 3 rings (SSSR count). The lowest BCUT2D eigenvalue weighted by Gasteiger charge is -2.46. The number of hydroxylamine groups is 1. The van der Waals surface area contributed by atoms with Gasteiger partial charge in [0, 0.05) is 25.3 Å². The summed E-state index contributed by atoms with van der Waals surface area (Å²) in [6.07, 6.45) is 6.41. The molecular formula is C17H28N4OS. The smallest absolute Gasteiger partial charge is 0.195 e. The highest BCUT2D eigenvalue weighted by Gasteiger charge is 2.46. The summed E-state index contributed by atoms with van der Waals surface area (Å²) in [5, 5.41) is 0. The summed E-state index contributed by atoms with van der Waals surface area (Å²) in [4.78, 5) is 16.1. The second-order valence-corrected chi connectivity index (χ2v) is 7.39. The van der Waals surface area contributed by atoms with Crippen LogP contribution in [-0.4, -0.2) is 33.1 Å². The lowest BCUT2D eigenvalue weighted by atomic mass is 9.98. The third-order valence-electron chi connectivity index (χ3n) is 4.71. The fourth-order valence-corrected chi connectivity index (χ4v) is 4.74. The van der Waals surface area contributed by atoms with Gasteiger partial charge >= 0.3 is 0 Å². The second-order valence-electron chi connectivity index (χ2n) is 6.28. The lowest BCUT2D eigenvalue weighted by Crippen LogP contribution is -2.53. The van der Waals surface area contributed by atoms with Gasteiger partial charge in [0.25, 0.3) is 0 Å². The van der Waals surface area contributed by atoms with Crippen molar-refractivity contribution in [3.63, 3.8) is 0 Å². The van der Waals surface area contributed by atoms with E-state index in [9.17, 15) is 0 Å². The molecule has 0 aliphatic carbocycles. The lowest BCUT2D eigenvalue weighted by molar-refractivity contribution is -0.202. The summed E-state index contributed by atoms with van der Waals surface area (Å²) in [5.74, 6) is 1.16. The molecule has 0 bridgehead atoms. The Bertz CT molecular complexity index is 540. The Hall–Kier alpha value is -0.690. The zero-order chi connectivity index (χ0) is 16.3. The van der Waals surface area contributed by atoms with Crippen molar-refractivity contribution < 1.29 is 4.84 Å². The van der Waals surface area contributed by atoms with Crippen molar-refractivity contribution in [1.29, 1.82) is 0 Å². The van der Waals surface area contributed by atoms with Crippen molar-refractivity contribution in [2.45, 2.75) is 65.0 Å². The van der Waals surface area contributed by atoms with Crippen LogP contribution in [0.5, 0.6) is 0 Å². The van der Waals surface area contributed by atoms with E-state index in [0.717, 1.165) is 67.3 Å². The van der Waals surface area contributed by atoms with E-state index in [4.69, 9.17) is 14.8 Å². The fourth-order valence-electron chi connectivity index (χ4n) is 3.50. The minimum absolute atomic E-state index is 0.476. The van der Waals surface area contributed by atoms with Gasteiger partial charge in [-0.2, -0.15) is 5.48 Å². The van der Waals surface area contributed by atoms with Crippen LogP contribution in [0.1, 0.15) is 62.3 Å². The van der Waals surface area contributed by atoms with Gasteiger partial charge in [-0.25, -0.2) is 9.29 Å². The van der Waals surface area contributed by atoms with Crippen molar-refractivity contribution in [3.05, 3.63) is 22.8 Å². The zero-order valence-corrected chi connectivity index (χ0v) is 15.3. The van der Waals surface area contributed by atoms with Crippen LogP contribution >= 0.6 is 11.9 Å². The van der Waals surface area contributed by atoms with Crippen LogP contribution < -0.4 is 5.48 Å². The standard InChI is InChI=1S/C17H28N4OS/c1-4-14-15(5-2)20-16(13(3)19-14)17(9-8-10-18-22-17)21-11-6-7-12-23-21/h18H,4-12H2,1-3H3. The number of hydrogen-bond acceptors (Lipinski definition) is 6. The van der Waals surface area contributed by atoms with Crippen LogP contribution in [0.25, 0.3) is 0 Å². The van der Waals surface area contributed by atoms with Gasteiger partial charge in [-0.05, 0) is 39.0 Å². The molecule has 0 aromatic carbocycles. The van der Waals surface area contributed by atoms with Crippen LogP contribution in [0.3, 0.4) is 0 Å². The molecular weight excluding hydrogens is 308 g/mol. The summed E-state index contributed by atoms with van der Waals surface area (Å²) in [5.41, 5.74) is 6.92. The van der Waals surface area contributed by atoms with Crippen molar-refractivity contribution in [2.24, 2.45) is 0 Å². The molecule has 5 nitrogen and oxygen atoms in total. The largest absolute Gasteiger partial charge is 0.272 e. The minimum atomic E-state index is -0.476. The van der Waals surface area contributed by atoms with E-state index in [1.807, 2.05) is 11.9 Å². The van der Waals surface area contributed by atoms with Crippen LogP contribution in [0, 0.1) is 6.92 Å². The molecule has 1 N–H and O–H groups in total. The Balaban J connectivity index is 2.05. The molecule has 0 spiro atoms. The molecule has 23 heavy (non-hydrogen) atoms. The molecule has 0 saturated carbocycles. The summed E-state index contributed by atoms with van der Waals surface area (Å²) in [6, 6.07) is 0. The molecule has 1 aromatic rings. The molecule has 0 amide bonds. The van der Waals surface area contributed by atoms with E-state index in [-0.39, 0.29) is 0 Å². The first kappa shape index (κ1) is 17.1. The highest BCUT2D eigenvalue weighted by Crippen LogP contribution is 2.42. The fraction of sp³-hybridized carbons (Fsp3) is 0.765. The third-order valence-corrected chi connectivity index (χ3v) is 5.97. The van der Waals surface area contributed by atoms with Gasteiger partial charge in [-0.15, -0.1) is 0 Å². The van der Waals surface area contributed by atoms with Gasteiger partial charge < -0.3 is 0 Å². The number of aryl methyl sites for hydroxylation is 3. The first-order valence-corrected chi connectivity index (χ1v) is 9.83. The maximum atomic E-state index is 6.20. The molecule has 1 unspecified atom stereocenters. The van der Waals surface area contributed by atoms with Gasteiger partial charge in [-0.1, -0.05) is 25.8 Å². The van der Waals surface area contributed by atoms with E-state index in [1.54, 1.807) is 0 Å². The highest BCUT2D eigenvalue weighted by molar-refractivity contribution is 7.97. The maximum absolute atomic E-state index is 6.20. The number of hydrogen-bond donors (Lipinski definition) is 1. The average Bonchev–Trinajstić information content (AvgIpc) is 2.62. The highest BCUT2D eigenvalue weighted by atomic mass is 32.2. The summed E-state index contributed by atoms with van der Waals surface area (Å²) < 4.78 is 2.41. The van der Waals surface area contributed by atoms with Crippen LogP contribution in [0.4, 0.5) is 0 Å². The second kappa shape index (κ2) is 7.47. The van der Waals surface area contributed by atoms with Gasteiger partial charge in [0.15, 0.2) is 5.72 Å². The Labute approximate surface area is 143 Å². The molecule has 128 valence electrons. The SMILES string of the molecule is CCc1nc(C)c(C2(N3CCCCS3)CCCNO2)nc1CC. The minimum Gasteiger partial charge on any atom is -0.272 e. The molecule has 6 heteroatoms. The van der Waals surface area contributed by atoms with Gasteiger partial charge in [0.1, 0.15) is 5.69 Å². The maximum Gasteiger partial charge on any atom is 0.195 e. The quantitative estimate of drug-likeness (QED) is 0.853. The summed E-state index contributed by atoms with van der Waals surface area (Å²) in [7, 11) is 0. The monoisotopic (exact) mass is 336 g/mol. The zero-order valence-electron chi connectivity index (χ0n) is 14.5. The Morgan fingerprint density at radius 1 is 1.17 bits per heavy atom. The number of nitrogens with one attached hydrogen (secondary N) is 1. The molecule has 2 fully saturated rings. The molecule has 2 aliphatic rings. The average molecular weight is 337 g/mol. The van der Waals surface area contributed by atoms with Crippen molar-refractivity contribution in [2.75, 3.05) is 18.8 Å². The molecule has 1 atom stereocenters. The van der Waals surface area contributed by atoms with E-state index in [2.05, 4.69) is 30.6 Å². The first-order chi connectivity index (χ1) is 11.2. The molecule has 0 radical (unpaired) electrons. The van der Waals surface area contributed by atoms with E-state index in [0.29, 0.717) is 0 Å². The van der Waals surface area contributed by atoms with Gasteiger partial charge in [0.2, 0.25) is 0 Å². The predicted molar refractivity (Wildman–Crippen MR) is 93.9 cm³/mol. The van der Waals surface area contributed by atoms with Crippen molar-refractivity contribution >= 4 is 11.9 Å². The molecule has 3 heterocycles. The molecule has 2 saturated heterocycles. The third kappa shape index (κ3) is 3.27. The first-order valence-electron chi connectivity index (χ1n) is 8.89. The molecule has 2 aliphatic heterocycles. The predicted octanol–water partition coefficient (Wildman–Crippen LogP) is 3.12. The van der Waals surface area contributed by atoms with E-state index >= 15 is 0 Å². The Morgan fingerprint density at radius 2 is 1.96 bits per heavy atom. The van der Waals surface area contributed by atoms with Crippen LogP contribution in [-0.2, 0) is 23.4 Å². The number of rotatable bonds is 4. The van der Waals surface area contributed by atoms with E-state index in [1.165, 1.54) is 12.8 Å². The molecule has 1 aromatic heterocycles. The number of aromatic nitrogens is 2. The topological polar surface area (TPSA) is 50.3 Å². The van der Waals surface area contributed by atoms with E-state index < -0.39 is 5.72 Å². The van der Waals surface area contributed by atoms with Crippen LogP contribution in [0.15, 0.2) is 0 Å². The van der Waals surface area contributed by atoms with Gasteiger partial charge in [0.05, 0.1) is 17.1 Å². The van der Waals surface area contributed by atoms with Crippen molar-refractivity contribution in [1.82, 2.24) is 19.8 Å². The summed E-state index contributed by atoms with van der Waals surface area (Å²) in [6.45, 7) is 8.34. The normalized spacial score (nSPS) is 26.4. The Kier molecular flexibility index (Phi) is 5.57. The number of nitrogens with zero attached hydrogens (tertiary/aromatic N) is 3.